The molecule has 1 atom stereocenters. The summed E-state index contributed by atoms with van der Waals surface area (Å²) < 4.78 is 1.89. The summed E-state index contributed by atoms with van der Waals surface area (Å²) in [6.45, 7) is 0.729. The molecule has 0 fully saturated rings. The van der Waals surface area contributed by atoms with Gasteiger partial charge >= 0.3 is 0 Å². The van der Waals surface area contributed by atoms with Crippen LogP contribution in [0.1, 0.15) is 23.9 Å². The third kappa shape index (κ3) is 2.06. The summed E-state index contributed by atoms with van der Waals surface area (Å²) in [7, 11) is 0. The number of hydrogen-bond donors (Lipinski definition) is 2. The standard InChI is InChI=1S/C16H16N4O/c21-10-15-18-16-17-8-7-14(20(16)19-15)13-6-5-11-3-1-2-4-12(11)9-13/h1-6,9,14,21H,7-8,10H2,(H,17,18,19). The van der Waals surface area contributed by atoms with Crippen LogP contribution in [0.25, 0.3) is 10.8 Å². The largest absolute Gasteiger partial charge is 0.388 e. The number of rotatable bonds is 2. The summed E-state index contributed by atoms with van der Waals surface area (Å²) in [5.74, 6) is 1.20. The quantitative estimate of drug-likeness (QED) is 0.756. The van der Waals surface area contributed by atoms with E-state index in [1.165, 1.54) is 16.3 Å². The third-order valence-corrected chi connectivity index (χ3v) is 3.97. The second-order valence-corrected chi connectivity index (χ2v) is 5.29. The summed E-state index contributed by atoms with van der Waals surface area (Å²) in [5, 5.41) is 19.3. The summed E-state index contributed by atoms with van der Waals surface area (Å²) >= 11 is 0. The van der Waals surface area contributed by atoms with E-state index in [0.717, 1.165) is 18.9 Å². The highest BCUT2D eigenvalue weighted by molar-refractivity contribution is 5.83. The summed E-state index contributed by atoms with van der Waals surface area (Å²) in [6, 6.07) is 15.0. The molecule has 2 aromatic carbocycles. The number of fused-ring (bicyclic) bond motifs is 2. The molecule has 1 aliphatic rings. The van der Waals surface area contributed by atoms with Crippen LogP contribution < -0.4 is 5.32 Å². The molecule has 21 heavy (non-hydrogen) atoms. The lowest BCUT2D eigenvalue weighted by Crippen LogP contribution is -2.24. The van der Waals surface area contributed by atoms with Crippen molar-refractivity contribution in [2.45, 2.75) is 19.1 Å². The maximum atomic E-state index is 9.22. The number of nitrogens with one attached hydrogen (secondary N) is 1. The second kappa shape index (κ2) is 4.86. The van der Waals surface area contributed by atoms with Crippen molar-refractivity contribution in [3.63, 3.8) is 0 Å². The first-order valence-corrected chi connectivity index (χ1v) is 7.14. The molecular weight excluding hydrogens is 264 g/mol. The van der Waals surface area contributed by atoms with Crippen LogP contribution in [0.15, 0.2) is 42.5 Å². The Bertz CT molecular complexity index is 796. The minimum Gasteiger partial charge on any atom is -0.388 e. The predicted molar refractivity (Wildman–Crippen MR) is 81.1 cm³/mol. The Hall–Kier alpha value is -2.40. The number of aliphatic hydroxyl groups excluding tert-OH is 1. The highest BCUT2D eigenvalue weighted by Crippen LogP contribution is 2.30. The Morgan fingerprint density at radius 1 is 1.19 bits per heavy atom. The van der Waals surface area contributed by atoms with Gasteiger partial charge < -0.3 is 10.4 Å². The Morgan fingerprint density at radius 3 is 2.90 bits per heavy atom. The molecule has 1 aliphatic heterocycles. The minimum absolute atomic E-state index is 0.133. The first-order valence-electron chi connectivity index (χ1n) is 7.14. The van der Waals surface area contributed by atoms with Gasteiger partial charge in [0.1, 0.15) is 6.61 Å². The molecule has 0 amide bonds. The maximum Gasteiger partial charge on any atom is 0.222 e. The zero-order chi connectivity index (χ0) is 14.2. The molecule has 2 heterocycles. The van der Waals surface area contributed by atoms with Gasteiger partial charge in [-0.05, 0) is 28.8 Å². The first-order chi connectivity index (χ1) is 10.3. The van der Waals surface area contributed by atoms with Gasteiger partial charge in [-0.15, -0.1) is 0 Å². The number of nitrogens with zero attached hydrogens (tertiary/aromatic N) is 3. The van der Waals surface area contributed by atoms with Gasteiger partial charge in [-0.25, -0.2) is 4.68 Å². The Labute approximate surface area is 122 Å². The average molecular weight is 280 g/mol. The molecule has 1 unspecified atom stereocenters. The van der Waals surface area contributed by atoms with E-state index in [4.69, 9.17) is 0 Å². The fourth-order valence-electron chi connectivity index (χ4n) is 2.94. The van der Waals surface area contributed by atoms with E-state index >= 15 is 0 Å². The number of aliphatic hydroxyl groups is 1. The molecule has 0 saturated heterocycles. The highest BCUT2D eigenvalue weighted by atomic mass is 16.3. The summed E-state index contributed by atoms with van der Waals surface area (Å²) in [5.41, 5.74) is 1.23. The fourth-order valence-corrected chi connectivity index (χ4v) is 2.94. The van der Waals surface area contributed by atoms with Gasteiger partial charge in [-0.1, -0.05) is 36.4 Å². The second-order valence-electron chi connectivity index (χ2n) is 5.29. The molecule has 0 radical (unpaired) electrons. The van der Waals surface area contributed by atoms with Crippen molar-refractivity contribution in [2.24, 2.45) is 0 Å². The van der Waals surface area contributed by atoms with Crippen molar-refractivity contribution in [1.29, 1.82) is 0 Å². The third-order valence-electron chi connectivity index (χ3n) is 3.97. The fraction of sp³-hybridized carbons (Fsp3) is 0.250. The molecule has 0 aliphatic carbocycles. The van der Waals surface area contributed by atoms with E-state index in [0.29, 0.717) is 5.82 Å². The lowest BCUT2D eigenvalue weighted by atomic mass is 9.99. The van der Waals surface area contributed by atoms with Crippen LogP contribution in [0.5, 0.6) is 0 Å². The van der Waals surface area contributed by atoms with Crippen molar-refractivity contribution in [2.75, 3.05) is 11.9 Å². The van der Waals surface area contributed by atoms with Crippen molar-refractivity contribution in [3.05, 3.63) is 53.9 Å². The minimum atomic E-state index is -0.133. The molecule has 0 spiro atoms. The van der Waals surface area contributed by atoms with E-state index in [1.807, 2.05) is 4.68 Å². The van der Waals surface area contributed by atoms with Gasteiger partial charge in [0, 0.05) is 6.54 Å². The molecule has 3 aromatic rings. The van der Waals surface area contributed by atoms with Gasteiger partial charge in [0.2, 0.25) is 5.95 Å². The van der Waals surface area contributed by atoms with Gasteiger partial charge in [-0.3, -0.25) is 0 Å². The lowest BCUT2D eigenvalue weighted by molar-refractivity contribution is 0.270. The van der Waals surface area contributed by atoms with Crippen molar-refractivity contribution in [1.82, 2.24) is 14.8 Å². The molecular formula is C16H16N4O. The Kier molecular flexibility index (Phi) is 2.86. The van der Waals surface area contributed by atoms with Crippen LogP contribution >= 0.6 is 0 Å². The van der Waals surface area contributed by atoms with Crippen molar-refractivity contribution in [3.8, 4) is 0 Å². The van der Waals surface area contributed by atoms with Crippen LogP contribution in [-0.2, 0) is 6.61 Å². The molecule has 5 nitrogen and oxygen atoms in total. The zero-order valence-corrected chi connectivity index (χ0v) is 11.5. The van der Waals surface area contributed by atoms with Crippen LogP contribution in [0.2, 0.25) is 0 Å². The monoisotopic (exact) mass is 280 g/mol. The molecule has 4 rings (SSSR count). The van der Waals surface area contributed by atoms with Gasteiger partial charge in [-0.2, -0.15) is 10.1 Å². The van der Waals surface area contributed by atoms with E-state index in [2.05, 4.69) is 57.9 Å². The lowest BCUT2D eigenvalue weighted by Gasteiger charge is -2.25. The van der Waals surface area contributed by atoms with Crippen molar-refractivity contribution < 1.29 is 5.11 Å². The smallest absolute Gasteiger partial charge is 0.222 e. The van der Waals surface area contributed by atoms with Crippen LogP contribution in [0, 0.1) is 0 Å². The molecule has 1 aromatic heterocycles. The van der Waals surface area contributed by atoms with Gasteiger partial charge in [0.25, 0.3) is 0 Å². The van der Waals surface area contributed by atoms with E-state index < -0.39 is 0 Å². The highest BCUT2D eigenvalue weighted by Gasteiger charge is 2.24. The number of anilines is 1. The average Bonchev–Trinajstić information content (AvgIpc) is 2.97. The van der Waals surface area contributed by atoms with E-state index in [1.54, 1.807) is 0 Å². The van der Waals surface area contributed by atoms with E-state index in [-0.39, 0.29) is 12.6 Å². The maximum absolute atomic E-state index is 9.22. The Balaban J connectivity index is 1.80. The SMILES string of the molecule is OCc1nc2n(n1)C(c1ccc3ccccc3c1)CCN2. The summed E-state index contributed by atoms with van der Waals surface area (Å²) in [6.07, 6.45) is 0.958. The first kappa shape index (κ1) is 12.3. The molecule has 2 N–H and O–H groups in total. The summed E-state index contributed by atoms with van der Waals surface area (Å²) in [4.78, 5) is 4.30. The topological polar surface area (TPSA) is 63.0 Å². The predicted octanol–water partition coefficient (Wildman–Crippen LogP) is 2.33. The molecule has 106 valence electrons. The zero-order valence-electron chi connectivity index (χ0n) is 11.5. The van der Waals surface area contributed by atoms with Crippen LogP contribution in [0.3, 0.4) is 0 Å². The molecule has 0 bridgehead atoms. The number of hydrogen-bond acceptors (Lipinski definition) is 4. The molecule has 5 heteroatoms. The van der Waals surface area contributed by atoms with Gasteiger partial charge in [0.15, 0.2) is 5.82 Å². The van der Waals surface area contributed by atoms with E-state index in [9.17, 15) is 5.11 Å². The van der Waals surface area contributed by atoms with Crippen LogP contribution in [-0.4, -0.2) is 26.4 Å². The van der Waals surface area contributed by atoms with Gasteiger partial charge in [0.05, 0.1) is 6.04 Å². The van der Waals surface area contributed by atoms with Crippen LogP contribution in [0.4, 0.5) is 5.95 Å². The molecule has 0 saturated carbocycles. The normalized spacial score (nSPS) is 17.5. The Morgan fingerprint density at radius 2 is 2.05 bits per heavy atom. The number of aromatic nitrogens is 3. The number of benzene rings is 2. The van der Waals surface area contributed by atoms with Crippen molar-refractivity contribution >= 4 is 16.7 Å².